The van der Waals surface area contributed by atoms with Crippen LogP contribution in [0.1, 0.15) is 31.2 Å². The molecule has 1 aromatic rings. The Morgan fingerprint density at radius 2 is 2.13 bits per heavy atom. The summed E-state index contributed by atoms with van der Waals surface area (Å²) in [6.45, 7) is 10.1. The van der Waals surface area contributed by atoms with Gasteiger partial charge in [0.15, 0.2) is 0 Å². The molecule has 86 valence electrons. The van der Waals surface area contributed by atoms with Gasteiger partial charge in [0.1, 0.15) is 5.76 Å². The van der Waals surface area contributed by atoms with Crippen molar-refractivity contribution in [2.24, 2.45) is 0 Å². The Morgan fingerprint density at radius 3 is 2.67 bits per heavy atom. The van der Waals surface area contributed by atoms with E-state index in [1.54, 1.807) is 0 Å². The molecular formula is C11H20N2O2. The number of oxazole rings is 1. The minimum atomic E-state index is 0.290. The van der Waals surface area contributed by atoms with Crippen molar-refractivity contribution in [1.29, 1.82) is 0 Å². The van der Waals surface area contributed by atoms with Crippen LogP contribution in [0.25, 0.3) is 0 Å². The molecule has 0 radical (unpaired) electrons. The second-order valence-electron chi connectivity index (χ2n) is 3.85. The van der Waals surface area contributed by atoms with Gasteiger partial charge >= 0.3 is 0 Å². The molecule has 4 nitrogen and oxygen atoms in total. The van der Waals surface area contributed by atoms with Crippen molar-refractivity contribution in [2.75, 3.05) is 13.2 Å². The summed E-state index contributed by atoms with van der Waals surface area (Å²) < 4.78 is 10.8. The predicted octanol–water partition coefficient (Wildman–Crippen LogP) is 1.81. The maximum absolute atomic E-state index is 5.43. The third kappa shape index (κ3) is 4.44. The number of rotatable bonds is 6. The van der Waals surface area contributed by atoms with E-state index in [2.05, 4.69) is 10.3 Å². The average molecular weight is 212 g/mol. The van der Waals surface area contributed by atoms with Gasteiger partial charge in [0, 0.05) is 6.54 Å². The van der Waals surface area contributed by atoms with E-state index in [1.807, 2.05) is 27.7 Å². The van der Waals surface area contributed by atoms with E-state index in [0.29, 0.717) is 6.54 Å². The quantitative estimate of drug-likeness (QED) is 0.730. The molecule has 0 atom stereocenters. The van der Waals surface area contributed by atoms with E-state index < -0.39 is 0 Å². The van der Waals surface area contributed by atoms with Crippen LogP contribution in [0, 0.1) is 13.8 Å². The van der Waals surface area contributed by atoms with Gasteiger partial charge in [-0.1, -0.05) is 0 Å². The molecule has 0 aliphatic rings. The summed E-state index contributed by atoms with van der Waals surface area (Å²) in [5.41, 5.74) is 0.963. The molecule has 1 N–H and O–H groups in total. The van der Waals surface area contributed by atoms with Crippen molar-refractivity contribution >= 4 is 0 Å². The van der Waals surface area contributed by atoms with Gasteiger partial charge < -0.3 is 14.5 Å². The molecule has 0 bridgehead atoms. The van der Waals surface area contributed by atoms with Crippen LogP contribution >= 0.6 is 0 Å². The standard InChI is InChI=1S/C11H20N2O2/c1-8(2)14-6-5-12-7-11-13-9(3)10(4)15-11/h8,12H,5-7H2,1-4H3. The summed E-state index contributed by atoms with van der Waals surface area (Å²) >= 11 is 0. The maximum Gasteiger partial charge on any atom is 0.208 e. The summed E-state index contributed by atoms with van der Waals surface area (Å²) in [6, 6.07) is 0. The minimum absolute atomic E-state index is 0.290. The van der Waals surface area contributed by atoms with E-state index in [0.717, 1.165) is 30.5 Å². The van der Waals surface area contributed by atoms with Gasteiger partial charge in [-0.15, -0.1) is 0 Å². The first-order valence-electron chi connectivity index (χ1n) is 5.35. The van der Waals surface area contributed by atoms with Crippen LogP contribution in [-0.4, -0.2) is 24.2 Å². The van der Waals surface area contributed by atoms with Gasteiger partial charge in [0.25, 0.3) is 0 Å². The van der Waals surface area contributed by atoms with Crippen LogP contribution in [-0.2, 0) is 11.3 Å². The first-order chi connectivity index (χ1) is 7.09. The highest BCUT2D eigenvalue weighted by atomic mass is 16.5. The molecular weight excluding hydrogens is 192 g/mol. The van der Waals surface area contributed by atoms with Crippen LogP contribution in [0.15, 0.2) is 4.42 Å². The van der Waals surface area contributed by atoms with E-state index in [4.69, 9.17) is 9.15 Å². The molecule has 4 heteroatoms. The molecule has 1 heterocycles. The summed E-state index contributed by atoms with van der Waals surface area (Å²) in [6.07, 6.45) is 0.290. The Kier molecular flexibility index (Phi) is 4.78. The van der Waals surface area contributed by atoms with Crippen molar-refractivity contribution in [1.82, 2.24) is 10.3 Å². The predicted molar refractivity (Wildman–Crippen MR) is 58.8 cm³/mol. The molecule has 15 heavy (non-hydrogen) atoms. The smallest absolute Gasteiger partial charge is 0.208 e. The van der Waals surface area contributed by atoms with Crippen LogP contribution in [0.5, 0.6) is 0 Å². The van der Waals surface area contributed by atoms with E-state index in [9.17, 15) is 0 Å². The molecule has 0 unspecified atom stereocenters. The summed E-state index contributed by atoms with van der Waals surface area (Å²) in [5.74, 6) is 1.64. The summed E-state index contributed by atoms with van der Waals surface area (Å²) in [4.78, 5) is 4.27. The molecule has 0 aliphatic heterocycles. The number of hydrogen-bond acceptors (Lipinski definition) is 4. The number of nitrogens with zero attached hydrogens (tertiary/aromatic N) is 1. The molecule has 0 amide bonds. The van der Waals surface area contributed by atoms with Gasteiger partial charge in [-0.2, -0.15) is 0 Å². The third-order valence-corrected chi connectivity index (χ3v) is 2.08. The topological polar surface area (TPSA) is 47.3 Å². The zero-order chi connectivity index (χ0) is 11.3. The van der Waals surface area contributed by atoms with E-state index in [1.165, 1.54) is 0 Å². The highest BCUT2D eigenvalue weighted by Gasteiger charge is 2.04. The molecule has 0 saturated heterocycles. The van der Waals surface area contributed by atoms with Crippen LogP contribution < -0.4 is 5.32 Å². The van der Waals surface area contributed by atoms with Crippen molar-refractivity contribution in [3.8, 4) is 0 Å². The zero-order valence-corrected chi connectivity index (χ0v) is 9.96. The number of ether oxygens (including phenoxy) is 1. The van der Waals surface area contributed by atoms with Crippen molar-refractivity contribution in [2.45, 2.75) is 40.3 Å². The van der Waals surface area contributed by atoms with Gasteiger partial charge in [0.05, 0.1) is 24.9 Å². The lowest BCUT2D eigenvalue weighted by Crippen LogP contribution is -2.21. The lowest BCUT2D eigenvalue weighted by molar-refractivity contribution is 0.0804. The number of nitrogens with one attached hydrogen (secondary N) is 1. The minimum Gasteiger partial charge on any atom is -0.444 e. The Balaban J connectivity index is 2.15. The summed E-state index contributed by atoms with van der Waals surface area (Å²) in [5, 5.41) is 3.22. The molecule has 0 fully saturated rings. The fraction of sp³-hybridized carbons (Fsp3) is 0.727. The van der Waals surface area contributed by atoms with E-state index >= 15 is 0 Å². The SMILES string of the molecule is Cc1nc(CNCCOC(C)C)oc1C. The normalized spacial score (nSPS) is 11.3. The van der Waals surface area contributed by atoms with Crippen molar-refractivity contribution < 1.29 is 9.15 Å². The monoisotopic (exact) mass is 212 g/mol. The molecule has 1 rings (SSSR count). The lowest BCUT2D eigenvalue weighted by atomic mass is 10.4. The Labute approximate surface area is 91.0 Å². The molecule has 0 aliphatic carbocycles. The van der Waals surface area contributed by atoms with Crippen LogP contribution in [0.2, 0.25) is 0 Å². The molecule has 1 aromatic heterocycles. The Hall–Kier alpha value is -0.870. The molecule has 0 spiro atoms. The van der Waals surface area contributed by atoms with Gasteiger partial charge in [-0.05, 0) is 27.7 Å². The lowest BCUT2D eigenvalue weighted by Gasteiger charge is -2.07. The van der Waals surface area contributed by atoms with E-state index in [-0.39, 0.29) is 6.10 Å². The maximum atomic E-state index is 5.43. The summed E-state index contributed by atoms with van der Waals surface area (Å²) in [7, 11) is 0. The van der Waals surface area contributed by atoms with Gasteiger partial charge in [-0.25, -0.2) is 4.98 Å². The molecule has 0 saturated carbocycles. The fourth-order valence-corrected chi connectivity index (χ4v) is 1.18. The highest BCUT2D eigenvalue weighted by Crippen LogP contribution is 2.07. The number of hydrogen-bond donors (Lipinski definition) is 1. The first-order valence-corrected chi connectivity index (χ1v) is 5.35. The Morgan fingerprint density at radius 1 is 1.40 bits per heavy atom. The van der Waals surface area contributed by atoms with Gasteiger partial charge in [-0.3, -0.25) is 0 Å². The Bertz CT molecular complexity index is 275. The van der Waals surface area contributed by atoms with Gasteiger partial charge in [0.2, 0.25) is 5.89 Å². The highest BCUT2D eigenvalue weighted by molar-refractivity contribution is 5.04. The average Bonchev–Trinajstić information content (AvgIpc) is 2.45. The molecule has 0 aromatic carbocycles. The second-order valence-corrected chi connectivity index (χ2v) is 3.85. The van der Waals surface area contributed by atoms with Crippen molar-refractivity contribution in [3.63, 3.8) is 0 Å². The number of aryl methyl sites for hydroxylation is 2. The third-order valence-electron chi connectivity index (χ3n) is 2.08. The first kappa shape index (κ1) is 12.2. The van der Waals surface area contributed by atoms with Crippen molar-refractivity contribution in [3.05, 3.63) is 17.3 Å². The largest absolute Gasteiger partial charge is 0.444 e. The fourth-order valence-electron chi connectivity index (χ4n) is 1.18. The zero-order valence-electron chi connectivity index (χ0n) is 9.96. The van der Waals surface area contributed by atoms with Crippen LogP contribution in [0.3, 0.4) is 0 Å². The van der Waals surface area contributed by atoms with Crippen LogP contribution in [0.4, 0.5) is 0 Å². The number of aromatic nitrogens is 1. The second kappa shape index (κ2) is 5.88.